The van der Waals surface area contributed by atoms with Crippen LogP contribution in [0.1, 0.15) is 22.6 Å². The number of rotatable bonds is 7. The molecule has 2 aromatic rings. The molecule has 0 aliphatic heterocycles. The van der Waals surface area contributed by atoms with E-state index in [4.69, 9.17) is 14.6 Å². The van der Waals surface area contributed by atoms with Crippen LogP contribution in [0.4, 0.5) is 4.39 Å². The van der Waals surface area contributed by atoms with Crippen molar-refractivity contribution < 1.29 is 28.6 Å². The fraction of sp³-hybridized carbons (Fsp3) is 0.375. The van der Waals surface area contributed by atoms with E-state index in [1.54, 1.807) is 13.0 Å². The van der Waals surface area contributed by atoms with Gasteiger partial charge in [-0.05, 0) is 0 Å². The summed E-state index contributed by atoms with van der Waals surface area (Å²) < 4.78 is 25.6. The molecule has 1 amide bonds. The molecular weight excluding hydrogens is 384 g/mol. The van der Waals surface area contributed by atoms with E-state index >= 15 is 0 Å². The fourth-order valence-electron chi connectivity index (χ4n) is 2.24. The molecule has 2 N–H and O–H groups in total. The number of nitrogens with one attached hydrogen (secondary N) is 1. The first-order valence-electron chi connectivity index (χ1n) is 7.27. The zero-order chi connectivity index (χ0) is 17.9. The van der Waals surface area contributed by atoms with Crippen LogP contribution in [0.2, 0.25) is 0 Å². The van der Waals surface area contributed by atoms with Crippen LogP contribution in [-0.4, -0.2) is 52.3 Å². The topological polar surface area (TPSA) is 84.9 Å². The van der Waals surface area contributed by atoms with Crippen LogP contribution in [0.15, 0.2) is 12.1 Å². The van der Waals surface area contributed by atoms with E-state index in [0.717, 1.165) is 0 Å². The number of carbonyl (C=O) groups is 2. The van der Waals surface area contributed by atoms with Gasteiger partial charge in [-0.2, -0.15) is 0 Å². The van der Waals surface area contributed by atoms with Crippen LogP contribution in [0.5, 0.6) is 11.5 Å². The van der Waals surface area contributed by atoms with E-state index in [-0.39, 0.29) is 11.0 Å². The van der Waals surface area contributed by atoms with Crippen molar-refractivity contribution in [1.29, 1.82) is 0 Å². The van der Waals surface area contributed by atoms with Crippen LogP contribution in [0.3, 0.4) is 0 Å². The summed E-state index contributed by atoms with van der Waals surface area (Å²) in [6.45, 7) is 1.69. The molecule has 24 heavy (non-hydrogen) atoms. The number of carboxylic acids is 1. The number of fused-ring (bicyclic) bond motifs is 1. The Kier molecular flexibility index (Phi) is 5.85. The van der Waals surface area contributed by atoms with Gasteiger partial charge in [0.2, 0.25) is 0 Å². The van der Waals surface area contributed by atoms with Crippen LogP contribution in [0, 0.1) is 11.7 Å². The summed E-state index contributed by atoms with van der Waals surface area (Å²) in [5.74, 6) is -1.96. The fourth-order valence-corrected chi connectivity index (χ4v) is 4.36. The number of hydrogen-bond donors (Lipinski definition) is 2. The summed E-state index contributed by atoms with van der Waals surface area (Å²) in [4.78, 5) is 23.2. The molecule has 0 saturated carbocycles. The molecule has 0 unspecified atom stereocenters. The molecule has 1 aromatic heterocycles. The first-order valence-corrected chi connectivity index (χ1v) is 8.99. The Labute approximate surface area is 144 Å². The number of methoxy groups -OCH3 is 2. The number of ether oxygens (including phenoxy) is 2. The normalized spacial score (nSPS) is 12.0. The summed E-state index contributed by atoms with van der Waals surface area (Å²) in [6.07, 6.45) is 0.386. The molecule has 8 heteroatoms. The standard InChI is InChI=1S/C16H18FNO5Se/c1-4-8(16(20)21)7-18-15(19)14-13(17)9-5-10(22-2)11(23-3)6-12(9)24-14/h5-6,8H,4,7H2,1-3H3,(H,18,19)(H,20,21)/t8-/m1/s1. The first-order chi connectivity index (χ1) is 11.4. The number of amides is 1. The van der Waals surface area contributed by atoms with Gasteiger partial charge in [0.25, 0.3) is 0 Å². The molecule has 0 saturated heterocycles. The Morgan fingerprint density at radius 1 is 1.29 bits per heavy atom. The number of aliphatic carboxylic acids is 1. The Hall–Kier alpha value is -2.05. The number of carbonyl (C=O) groups excluding carboxylic acids is 1. The van der Waals surface area contributed by atoms with Crippen molar-refractivity contribution in [3.63, 3.8) is 0 Å². The average Bonchev–Trinajstić information content (AvgIpc) is 2.89. The van der Waals surface area contributed by atoms with Gasteiger partial charge in [-0.25, -0.2) is 0 Å². The maximum absolute atomic E-state index is 14.6. The van der Waals surface area contributed by atoms with Crippen LogP contribution < -0.4 is 14.8 Å². The quantitative estimate of drug-likeness (QED) is 0.691. The summed E-state index contributed by atoms with van der Waals surface area (Å²) >= 11 is -0.520. The molecule has 0 radical (unpaired) electrons. The molecule has 0 aliphatic carbocycles. The summed E-state index contributed by atoms with van der Waals surface area (Å²) in [6, 6.07) is 3.18. The summed E-state index contributed by atoms with van der Waals surface area (Å²) in [5.41, 5.74) is 0. The van der Waals surface area contributed by atoms with Crippen LogP contribution in [0.25, 0.3) is 9.65 Å². The second-order valence-electron chi connectivity index (χ2n) is 5.10. The van der Waals surface area contributed by atoms with Gasteiger partial charge in [-0.1, -0.05) is 0 Å². The summed E-state index contributed by atoms with van der Waals surface area (Å²) in [7, 11) is 2.94. The van der Waals surface area contributed by atoms with Crippen molar-refractivity contribution in [2.45, 2.75) is 13.3 Å². The molecule has 0 aliphatic rings. The van der Waals surface area contributed by atoms with Gasteiger partial charge < -0.3 is 0 Å². The molecule has 1 atom stereocenters. The molecule has 0 bridgehead atoms. The van der Waals surface area contributed by atoms with Crippen molar-refractivity contribution >= 4 is 36.0 Å². The third kappa shape index (κ3) is 3.55. The zero-order valence-electron chi connectivity index (χ0n) is 13.5. The Balaban J connectivity index is 2.30. The predicted molar refractivity (Wildman–Crippen MR) is 87.7 cm³/mol. The number of hydrogen-bond acceptors (Lipinski definition) is 4. The molecule has 2 rings (SSSR count). The Morgan fingerprint density at radius 2 is 1.92 bits per heavy atom. The van der Waals surface area contributed by atoms with Gasteiger partial charge in [0.05, 0.1) is 0 Å². The van der Waals surface area contributed by atoms with Crippen molar-refractivity contribution in [1.82, 2.24) is 5.32 Å². The number of benzene rings is 1. The van der Waals surface area contributed by atoms with Gasteiger partial charge in [-0.15, -0.1) is 0 Å². The monoisotopic (exact) mass is 403 g/mol. The Morgan fingerprint density at radius 3 is 2.46 bits per heavy atom. The molecule has 1 heterocycles. The SMILES string of the molecule is CC[C@H](CNC(=O)c1[se]c2cc(OC)c(OC)cc2c1F)C(=O)O. The van der Waals surface area contributed by atoms with Crippen molar-refractivity contribution in [2.24, 2.45) is 5.92 Å². The second-order valence-corrected chi connectivity index (χ2v) is 7.31. The van der Waals surface area contributed by atoms with Crippen molar-refractivity contribution in [3.8, 4) is 11.5 Å². The summed E-state index contributed by atoms with van der Waals surface area (Å²) in [5, 5.41) is 11.8. The van der Waals surface area contributed by atoms with Crippen LogP contribution in [-0.2, 0) is 4.79 Å². The average molecular weight is 402 g/mol. The van der Waals surface area contributed by atoms with Gasteiger partial charge in [0.1, 0.15) is 0 Å². The molecular formula is C16H18FNO5Se. The molecule has 0 fully saturated rings. The first kappa shape index (κ1) is 18.3. The van der Waals surface area contributed by atoms with E-state index in [0.29, 0.717) is 27.6 Å². The second kappa shape index (κ2) is 7.68. The predicted octanol–water partition coefficient (Wildman–Crippen LogP) is 1.89. The minimum absolute atomic E-state index is 0.0273. The molecule has 0 spiro atoms. The van der Waals surface area contributed by atoms with E-state index in [1.165, 1.54) is 20.3 Å². The van der Waals surface area contributed by atoms with Crippen molar-refractivity contribution in [2.75, 3.05) is 20.8 Å². The number of carboxylic acid groups (broad SMARTS) is 1. The molecule has 6 nitrogen and oxygen atoms in total. The van der Waals surface area contributed by atoms with E-state index in [2.05, 4.69) is 5.32 Å². The molecule has 1 aromatic carbocycles. The van der Waals surface area contributed by atoms with E-state index in [9.17, 15) is 14.0 Å². The Bertz CT molecular complexity index is 773. The minimum atomic E-state index is -0.984. The number of halogens is 1. The van der Waals surface area contributed by atoms with Gasteiger partial charge in [0.15, 0.2) is 0 Å². The maximum atomic E-state index is 14.6. The molecule has 130 valence electrons. The van der Waals surface area contributed by atoms with E-state index < -0.39 is 38.1 Å². The van der Waals surface area contributed by atoms with Gasteiger partial charge in [-0.3, -0.25) is 0 Å². The third-order valence-electron chi connectivity index (χ3n) is 3.69. The van der Waals surface area contributed by atoms with Crippen LogP contribution >= 0.6 is 0 Å². The zero-order valence-corrected chi connectivity index (χ0v) is 15.2. The van der Waals surface area contributed by atoms with Crippen molar-refractivity contribution in [3.05, 3.63) is 22.4 Å². The van der Waals surface area contributed by atoms with Gasteiger partial charge >= 0.3 is 144 Å². The van der Waals surface area contributed by atoms with E-state index in [1.807, 2.05) is 0 Å². The van der Waals surface area contributed by atoms with Gasteiger partial charge in [0, 0.05) is 0 Å². The third-order valence-corrected chi connectivity index (χ3v) is 6.05.